The normalized spacial score (nSPS) is 23.9. The maximum absolute atomic E-state index is 6.23. The Hall–Kier alpha value is -1.93. The van der Waals surface area contributed by atoms with Crippen molar-refractivity contribution in [3.63, 3.8) is 0 Å². The van der Waals surface area contributed by atoms with Gasteiger partial charge in [0.15, 0.2) is 0 Å². The molecule has 1 heterocycles. The molecule has 4 rings (SSSR count). The van der Waals surface area contributed by atoms with Crippen molar-refractivity contribution in [1.29, 1.82) is 0 Å². The summed E-state index contributed by atoms with van der Waals surface area (Å²) < 4.78 is 0. The summed E-state index contributed by atoms with van der Waals surface area (Å²) >= 11 is 0. The zero-order valence-corrected chi connectivity index (χ0v) is 10.7. The number of benzene rings is 2. The van der Waals surface area contributed by atoms with Gasteiger partial charge in [-0.1, -0.05) is 42.5 Å². The highest BCUT2D eigenvalue weighted by atomic mass is 14.8. The molecule has 2 N–H and O–H groups in total. The zero-order valence-electron chi connectivity index (χ0n) is 10.7. The molecule has 2 nitrogen and oxygen atoms in total. The molecule has 0 radical (unpaired) electrons. The predicted molar refractivity (Wildman–Crippen MR) is 76.0 cm³/mol. The van der Waals surface area contributed by atoms with Crippen LogP contribution in [-0.4, -0.2) is 0 Å². The van der Waals surface area contributed by atoms with E-state index < -0.39 is 0 Å². The lowest BCUT2D eigenvalue weighted by molar-refractivity contribution is 0.635. The van der Waals surface area contributed by atoms with E-state index in [0.29, 0.717) is 0 Å². The molecule has 1 aliphatic heterocycles. The molecule has 1 aliphatic carbocycles. The van der Waals surface area contributed by atoms with Crippen LogP contribution in [-0.2, 0) is 0 Å². The van der Waals surface area contributed by atoms with Crippen molar-refractivity contribution >= 4 is 5.57 Å². The smallest absolute Gasteiger partial charge is 0.0976 e. The Morgan fingerprint density at radius 2 is 1.84 bits per heavy atom. The molecular formula is C17H16N2. The molecule has 0 saturated carbocycles. The molecule has 0 saturated heterocycles. The second-order valence-corrected chi connectivity index (χ2v) is 5.35. The van der Waals surface area contributed by atoms with Crippen molar-refractivity contribution in [2.75, 3.05) is 0 Å². The van der Waals surface area contributed by atoms with Gasteiger partial charge in [-0.15, -0.1) is 0 Å². The van der Waals surface area contributed by atoms with Gasteiger partial charge in [-0.3, -0.25) is 4.99 Å². The van der Waals surface area contributed by atoms with E-state index in [0.717, 1.165) is 18.2 Å². The van der Waals surface area contributed by atoms with Crippen LogP contribution in [0.25, 0.3) is 5.57 Å². The highest BCUT2D eigenvalue weighted by Crippen LogP contribution is 2.35. The second-order valence-electron chi connectivity index (χ2n) is 5.35. The lowest BCUT2D eigenvalue weighted by Crippen LogP contribution is -2.34. The lowest BCUT2D eigenvalue weighted by atomic mass is 9.86. The van der Waals surface area contributed by atoms with Gasteiger partial charge in [-0.2, -0.15) is 0 Å². The van der Waals surface area contributed by atoms with E-state index in [4.69, 9.17) is 10.7 Å². The van der Waals surface area contributed by atoms with Crippen LogP contribution < -0.4 is 16.3 Å². The first-order valence-electron chi connectivity index (χ1n) is 6.85. The molecule has 2 heteroatoms. The van der Waals surface area contributed by atoms with Crippen LogP contribution in [0.1, 0.15) is 36.1 Å². The molecule has 0 aromatic heterocycles. The number of hydrogen-bond acceptors (Lipinski definition) is 2. The van der Waals surface area contributed by atoms with Crippen molar-refractivity contribution in [2.45, 2.75) is 24.9 Å². The Kier molecular flexibility index (Phi) is 2.32. The fourth-order valence-electron chi connectivity index (χ4n) is 3.32. The lowest BCUT2D eigenvalue weighted by Gasteiger charge is -2.22. The molecule has 0 amide bonds. The summed E-state index contributed by atoms with van der Waals surface area (Å²) in [5, 5.41) is 2.45. The Labute approximate surface area is 112 Å². The van der Waals surface area contributed by atoms with Crippen LogP contribution in [0.5, 0.6) is 0 Å². The molecule has 94 valence electrons. The first-order chi connectivity index (χ1) is 9.34. The van der Waals surface area contributed by atoms with Gasteiger partial charge in [0.1, 0.15) is 0 Å². The van der Waals surface area contributed by atoms with E-state index >= 15 is 0 Å². The number of hydrogen-bond donors (Lipinski definition) is 1. The molecule has 0 spiro atoms. The minimum Gasteiger partial charge on any atom is -0.324 e. The van der Waals surface area contributed by atoms with E-state index in [1.165, 1.54) is 21.9 Å². The van der Waals surface area contributed by atoms with Crippen LogP contribution in [0.2, 0.25) is 0 Å². The molecule has 2 aliphatic rings. The number of nitrogens with zero attached hydrogens (tertiary/aromatic N) is 1. The van der Waals surface area contributed by atoms with Gasteiger partial charge in [-0.25, -0.2) is 0 Å². The Morgan fingerprint density at radius 1 is 1.00 bits per heavy atom. The van der Waals surface area contributed by atoms with Crippen LogP contribution in [0, 0.1) is 0 Å². The van der Waals surface area contributed by atoms with Crippen LogP contribution in [0.15, 0.2) is 53.5 Å². The average Bonchev–Trinajstić information content (AvgIpc) is 2.84. The summed E-state index contributed by atoms with van der Waals surface area (Å²) in [7, 11) is 0. The van der Waals surface area contributed by atoms with E-state index in [9.17, 15) is 0 Å². The van der Waals surface area contributed by atoms with Crippen LogP contribution >= 0.6 is 0 Å². The third-order valence-electron chi connectivity index (χ3n) is 4.23. The SMILES string of the molecule is NC1CCC2=c3c1cccc3=NC2c1ccccc1. The van der Waals surface area contributed by atoms with Crippen molar-refractivity contribution in [3.05, 3.63) is 70.2 Å². The van der Waals surface area contributed by atoms with Gasteiger partial charge in [0.2, 0.25) is 0 Å². The largest absolute Gasteiger partial charge is 0.324 e. The van der Waals surface area contributed by atoms with Crippen molar-refractivity contribution in [2.24, 2.45) is 10.7 Å². The highest BCUT2D eigenvalue weighted by molar-refractivity contribution is 5.60. The first-order valence-corrected chi connectivity index (χ1v) is 6.85. The summed E-state index contributed by atoms with van der Waals surface area (Å²) in [5.74, 6) is 0. The van der Waals surface area contributed by atoms with Crippen LogP contribution in [0.3, 0.4) is 0 Å². The third kappa shape index (κ3) is 1.57. The van der Waals surface area contributed by atoms with Crippen molar-refractivity contribution in [3.8, 4) is 0 Å². The monoisotopic (exact) mass is 248 g/mol. The van der Waals surface area contributed by atoms with E-state index in [2.05, 4.69) is 48.5 Å². The summed E-state index contributed by atoms with van der Waals surface area (Å²) in [6, 6.07) is 17.3. The standard InChI is InChI=1S/C17H16N2/c18-14-10-9-13-16-12(14)7-4-8-15(16)19-17(13)11-5-2-1-3-6-11/h1-8,14,17H,9-10,18H2. The summed E-state index contributed by atoms with van der Waals surface area (Å²) in [5.41, 5.74) is 10.3. The highest BCUT2D eigenvalue weighted by Gasteiger charge is 2.27. The molecule has 0 bridgehead atoms. The van der Waals surface area contributed by atoms with Crippen molar-refractivity contribution in [1.82, 2.24) is 0 Å². The van der Waals surface area contributed by atoms with Gasteiger partial charge >= 0.3 is 0 Å². The fourth-order valence-corrected chi connectivity index (χ4v) is 3.32. The Balaban J connectivity index is 1.99. The summed E-state index contributed by atoms with van der Waals surface area (Å²) in [4.78, 5) is 4.92. The molecule has 2 atom stereocenters. The average molecular weight is 248 g/mol. The minimum absolute atomic E-state index is 0.170. The molecule has 2 aromatic rings. The second kappa shape index (κ2) is 4.04. The summed E-state index contributed by atoms with van der Waals surface area (Å²) in [6.07, 6.45) is 2.10. The number of nitrogens with two attached hydrogens (primary N) is 1. The maximum Gasteiger partial charge on any atom is 0.0976 e. The van der Waals surface area contributed by atoms with Crippen molar-refractivity contribution < 1.29 is 0 Å². The maximum atomic E-state index is 6.23. The van der Waals surface area contributed by atoms with Gasteiger partial charge in [0.05, 0.1) is 11.4 Å². The van der Waals surface area contributed by atoms with Gasteiger partial charge in [0.25, 0.3) is 0 Å². The van der Waals surface area contributed by atoms with Gasteiger partial charge in [-0.05, 0) is 35.6 Å². The molecular weight excluding hydrogens is 232 g/mol. The minimum atomic E-state index is 0.170. The van der Waals surface area contributed by atoms with E-state index in [-0.39, 0.29) is 12.1 Å². The Bertz CT molecular complexity index is 747. The quantitative estimate of drug-likeness (QED) is 0.823. The predicted octanol–water partition coefficient (Wildman–Crippen LogP) is 2.01. The topological polar surface area (TPSA) is 38.4 Å². The zero-order chi connectivity index (χ0) is 12.8. The Morgan fingerprint density at radius 3 is 2.68 bits per heavy atom. The van der Waals surface area contributed by atoms with Gasteiger partial charge in [0, 0.05) is 11.3 Å². The van der Waals surface area contributed by atoms with Crippen LogP contribution in [0.4, 0.5) is 0 Å². The first kappa shape index (κ1) is 10.9. The fraction of sp³-hybridized carbons (Fsp3) is 0.235. The molecule has 0 fully saturated rings. The molecule has 2 unspecified atom stereocenters. The van der Waals surface area contributed by atoms with E-state index in [1.54, 1.807) is 0 Å². The number of rotatable bonds is 1. The summed E-state index contributed by atoms with van der Waals surface area (Å²) in [6.45, 7) is 0. The third-order valence-corrected chi connectivity index (χ3v) is 4.23. The molecule has 2 aromatic carbocycles. The molecule has 19 heavy (non-hydrogen) atoms. The van der Waals surface area contributed by atoms with Gasteiger partial charge < -0.3 is 5.73 Å². The van der Waals surface area contributed by atoms with E-state index in [1.807, 2.05) is 0 Å².